The normalized spacial score (nSPS) is 44.0. The average molecular weight is 167 g/mol. The average Bonchev–Trinajstić information content (AvgIpc) is 2.04. The Kier molecular flexibility index (Phi) is 2.40. The first-order valence-electron chi connectivity index (χ1n) is 5.53. The van der Waals surface area contributed by atoms with Crippen LogP contribution in [-0.2, 0) is 0 Å². The van der Waals surface area contributed by atoms with Crippen molar-refractivity contribution < 1.29 is 0 Å². The van der Waals surface area contributed by atoms with Crippen molar-refractivity contribution in [3.63, 3.8) is 0 Å². The van der Waals surface area contributed by atoms with Gasteiger partial charge in [-0.1, -0.05) is 13.3 Å². The quantitative estimate of drug-likeness (QED) is 0.536. The van der Waals surface area contributed by atoms with Crippen molar-refractivity contribution in [1.82, 2.24) is 4.90 Å². The summed E-state index contributed by atoms with van der Waals surface area (Å²) in [7, 11) is 0. The molecule has 70 valence electrons. The van der Waals surface area contributed by atoms with Gasteiger partial charge in [-0.15, -0.1) is 0 Å². The first-order valence-corrected chi connectivity index (χ1v) is 5.53. The molecule has 2 saturated heterocycles. The smallest absolute Gasteiger partial charge is 0.0101 e. The minimum absolute atomic E-state index is 0.860. The Bertz CT molecular complexity index is 155. The van der Waals surface area contributed by atoms with E-state index in [0.29, 0.717) is 0 Å². The van der Waals surface area contributed by atoms with Gasteiger partial charge in [-0.05, 0) is 45.1 Å². The topological polar surface area (TPSA) is 3.24 Å². The molecule has 0 spiro atoms. The summed E-state index contributed by atoms with van der Waals surface area (Å²) in [6.07, 6.45) is 7.27. The van der Waals surface area contributed by atoms with Gasteiger partial charge in [0.1, 0.15) is 0 Å². The summed E-state index contributed by atoms with van der Waals surface area (Å²) in [5, 5.41) is 0. The molecule has 12 heavy (non-hydrogen) atoms. The molecule has 0 bridgehead atoms. The van der Waals surface area contributed by atoms with E-state index < -0.39 is 0 Å². The molecule has 0 aromatic rings. The van der Waals surface area contributed by atoms with Crippen molar-refractivity contribution in [2.75, 3.05) is 6.54 Å². The molecule has 2 aliphatic heterocycles. The van der Waals surface area contributed by atoms with Gasteiger partial charge in [0.15, 0.2) is 0 Å². The first kappa shape index (κ1) is 8.55. The first-order chi connectivity index (χ1) is 5.77. The Hall–Kier alpha value is -0.0400. The van der Waals surface area contributed by atoms with E-state index in [-0.39, 0.29) is 0 Å². The summed E-state index contributed by atoms with van der Waals surface area (Å²) in [6, 6.07) is 1.80. The molecule has 1 nitrogen and oxygen atoms in total. The van der Waals surface area contributed by atoms with E-state index in [1.807, 2.05) is 0 Å². The maximum atomic E-state index is 2.75. The molecule has 0 aromatic carbocycles. The van der Waals surface area contributed by atoms with Crippen LogP contribution in [0, 0.1) is 5.92 Å². The van der Waals surface area contributed by atoms with Crippen molar-refractivity contribution in [3.05, 3.63) is 0 Å². The maximum Gasteiger partial charge on any atom is 0.0101 e. The van der Waals surface area contributed by atoms with Crippen molar-refractivity contribution in [3.8, 4) is 0 Å². The molecule has 2 fully saturated rings. The second-order valence-corrected chi connectivity index (χ2v) is 4.81. The summed E-state index contributed by atoms with van der Waals surface area (Å²) >= 11 is 0. The Morgan fingerprint density at radius 3 is 2.75 bits per heavy atom. The minimum atomic E-state index is 0.860. The third-order valence-electron chi connectivity index (χ3n) is 3.66. The van der Waals surface area contributed by atoms with E-state index >= 15 is 0 Å². The van der Waals surface area contributed by atoms with Crippen LogP contribution >= 0.6 is 0 Å². The lowest BCUT2D eigenvalue weighted by molar-refractivity contribution is 0.0382. The highest BCUT2D eigenvalue weighted by Gasteiger charge is 2.32. The summed E-state index contributed by atoms with van der Waals surface area (Å²) < 4.78 is 0. The van der Waals surface area contributed by atoms with E-state index in [1.165, 1.54) is 38.6 Å². The lowest BCUT2D eigenvalue weighted by Gasteiger charge is -2.46. The van der Waals surface area contributed by atoms with Gasteiger partial charge in [0.25, 0.3) is 0 Å². The SMILES string of the molecule is CC1C[C@@H](C)C[C@@H]2CCCCN12. The Balaban J connectivity index is 2.01. The largest absolute Gasteiger partial charge is 0.298 e. The second-order valence-electron chi connectivity index (χ2n) is 4.81. The van der Waals surface area contributed by atoms with Crippen molar-refractivity contribution >= 4 is 0 Å². The lowest BCUT2D eigenvalue weighted by Crippen LogP contribution is -2.49. The van der Waals surface area contributed by atoms with Crippen LogP contribution in [0.5, 0.6) is 0 Å². The lowest BCUT2D eigenvalue weighted by atomic mass is 9.83. The molecule has 0 aliphatic carbocycles. The van der Waals surface area contributed by atoms with Crippen molar-refractivity contribution in [2.45, 2.75) is 58.0 Å². The van der Waals surface area contributed by atoms with Gasteiger partial charge in [-0.2, -0.15) is 0 Å². The van der Waals surface area contributed by atoms with Crippen LogP contribution in [0.15, 0.2) is 0 Å². The number of rotatable bonds is 0. The van der Waals surface area contributed by atoms with E-state index in [1.54, 1.807) is 0 Å². The third-order valence-corrected chi connectivity index (χ3v) is 3.66. The van der Waals surface area contributed by atoms with Crippen LogP contribution in [0.4, 0.5) is 0 Å². The van der Waals surface area contributed by atoms with Gasteiger partial charge in [-0.25, -0.2) is 0 Å². The predicted molar refractivity (Wildman–Crippen MR) is 52.2 cm³/mol. The molecule has 2 rings (SSSR count). The number of hydrogen-bond donors (Lipinski definition) is 0. The molecule has 0 saturated carbocycles. The highest BCUT2D eigenvalue weighted by atomic mass is 15.2. The summed E-state index contributed by atoms with van der Waals surface area (Å²) in [4.78, 5) is 2.75. The molecule has 0 N–H and O–H groups in total. The monoisotopic (exact) mass is 167 g/mol. The predicted octanol–water partition coefficient (Wildman–Crippen LogP) is 2.66. The zero-order valence-corrected chi connectivity index (χ0v) is 8.42. The van der Waals surface area contributed by atoms with Crippen molar-refractivity contribution in [2.24, 2.45) is 5.92 Å². The Morgan fingerprint density at radius 1 is 1.08 bits per heavy atom. The number of hydrogen-bond acceptors (Lipinski definition) is 1. The highest BCUT2D eigenvalue weighted by molar-refractivity contribution is 4.87. The molecule has 1 heteroatoms. The van der Waals surface area contributed by atoms with Gasteiger partial charge in [0, 0.05) is 12.1 Å². The molecular formula is C11H21N. The molecule has 0 amide bonds. The van der Waals surface area contributed by atoms with E-state index in [4.69, 9.17) is 0 Å². The second kappa shape index (κ2) is 3.37. The van der Waals surface area contributed by atoms with E-state index in [2.05, 4.69) is 18.7 Å². The fourth-order valence-corrected chi connectivity index (χ4v) is 3.13. The fraction of sp³-hybridized carbons (Fsp3) is 1.00. The summed E-state index contributed by atoms with van der Waals surface area (Å²) in [5.74, 6) is 0.972. The standard InChI is InChI=1S/C11H21N/c1-9-7-10(2)12-6-4-3-5-11(12)8-9/h9-11H,3-8H2,1-2H3/t9-,10?,11+/m1/s1. The summed E-state index contributed by atoms with van der Waals surface area (Å²) in [6.45, 7) is 6.20. The van der Waals surface area contributed by atoms with Crippen LogP contribution in [0.1, 0.15) is 46.0 Å². The van der Waals surface area contributed by atoms with Crippen LogP contribution in [0.2, 0.25) is 0 Å². The zero-order chi connectivity index (χ0) is 8.55. The molecule has 2 heterocycles. The zero-order valence-electron chi connectivity index (χ0n) is 8.42. The fourth-order valence-electron chi connectivity index (χ4n) is 3.13. The molecule has 3 atom stereocenters. The van der Waals surface area contributed by atoms with Gasteiger partial charge >= 0.3 is 0 Å². The number of nitrogens with zero attached hydrogens (tertiary/aromatic N) is 1. The van der Waals surface area contributed by atoms with E-state index in [0.717, 1.165) is 18.0 Å². The third kappa shape index (κ3) is 1.52. The van der Waals surface area contributed by atoms with Crippen LogP contribution < -0.4 is 0 Å². The van der Waals surface area contributed by atoms with Crippen molar-refractivity contribution in [1.29, 1.82) is 0 Å². The molecule has 1 unspecified atom stereocenters. The molecule has 2 aliphatic rings. The van der Waals surface area contributed by atoms with Gasteiger partial charge in [-0.3, -0.25) is 4.90 Å². The van der Waals surface area contributed by atoms with Gasteiger partial charge in [0.2, 0.25) is 0 Å². The van der Waals surface area contributed by atoms with Crippen LogP contribution in [0.25, 0.3) is 0 Å². The van der Waals surface area contributed by atoms with Gasteiger partial charge in [0.05, 0.1) is 0 Å². The molecule has 0 aromatic heterocycles. The molecular weight excluding hydrogens is 146 g/mol. The summed E-state index contributed by atoms with van der Waals surface area (Å²) in [5.41, 5.74) is 0. The number of fused-ring (bicyclic) bond motifs is 1. The minimum Gasteiger partial charge on any atom is -0.298 e. The highest BCUT2D eigenvalue weighted by Crippen LogP contribution is 2.32. The Labute approximate surface area is 76.1 Å². The van der Waals surface area contributed by atoms with Crippen LogP contribution in [-0.4, -0.2) is 23.5 Å². The molecule has 0 radical (unpaired) electrons. The Morgan fingerprint density at radius 2 is 1.92 bits per heavy atom. The van der Waals surface area contributed by atoms with E-state index in [9.17, 15) is 0 Å². The van der Waals surface area contributed by atoms with Gasteiger partial charge < -0.3 is 0 Å². The number of piperidine rings is 2. The maximum absolute atomic E-state index is 2.75. The van der Waals surface area contributed by atoms with Crippen LogP contribution in [0.3, 0.4) is 0 Å².